The molecular formula is C25H34N4O2. The van der Waals surface area contributed by atoms with Crippen molar-refractivity contribution in [2.24, 2.45) is 5.73 Å². The van der Waals surface area contributed by atoms with Crippen LogP contribution in [0, 0.1) is 0 Å². The van der Waals surface area contributed by atoms with Crippen molar-refractivity contribution < 1.29 is 9.59 Å². The molecule has 31 heavy (non-hydrogen) atoms. The van der Waals surface area contributed by atoms with Gasteiger partial charge < -0.3 is 11.1 Å². The Hall–Kier alpha value is -2.70. The third-order valence-electron chi connectivity index (χ3n) is 5.84. The fraction of sp³-hybridized carbons (Fsp3) is 0.440. The molecule has 0 radical (unpaired) electrons. The molecule has 3 N–H and O–H groups in total. The number of carbonyl (C=O) groups is 2. The number of carbonyl (C=O) groups excluding carboxylic acids is 2. The van der Waals surface area contributed by atoms with Crippen molar-refractivity contribution in [1.29, 1.82) is 0 Å². The lowest BCUT2D eigenvalue weighted by molar-refractivity contribution is -0.116. The Bertz CT molecular complexity index is 838. The van der Waals surface area contributed by atoms with Crippen LogP contribution in [-0.4, -0.2) is 53.8 Å². The minimum absolute atomic E-state index is 0.00937. The van der Waals surface area contributed by atoms with Gasteiger partial charge in [0.05, 0.1) is 0 Å². The number of piperidine rings is 1. The Morgan fingerprint density at radius 3 is 2.52 bits per heavy atom. The van der Waals surface area contributed by atoms with E-state index in [0.717, 1.165) is 39.1 Å². The number of rotatable bonds is 10. The number of likely N-dealkylation sites (tertiary alicyclic amines) is 1. The minimum Gasteiger partial charge on any atom is -0.366 e. The molecule has 1 fully saturated rings. The van der Waals surface area contributed by atoms with E-state index in [4.69, 9.17) is 5.73 Å². The first kappa shape index (κ1) is 23.0. The predicted octanol–water partition coefficient (Wildman–Crippen LogP) is 3.49. The molecule has 1 saturated heterocycles. The van der Waals surface area contributed by atoms with Gasteiger partial charge in [0.2, 0.25) is 11.8 Å². The van der Waals surface area contributed by atoms with Crippen LogP contribution in [-0.2, 0) is 11.3 Å². The van der Waals surface area contributed by atoms with Gasteiger partial charge in [0, 0.05) is 43.3 Å². The summed E-state index contributed by atoms with van der Waals surface area (Å²) < 4.78 is 0. The van der Waals surface area contributed by atoms with Crippen LogP contribution in [0.4, 0.5) is 5.69 Å². The normalized spacial score (nSPS) is 16.9. The van der Waals surface area contributed by atoms with Crippen molar-refractivity contribution >= 4 is 17.5 Å². The lowest BCUT2D eigenvalue weighted by atomic mass is 10.0. The van der Waals surface area contributed by atoms with E-state index in [1.54, 1.807) is 24.3 Å². The van der Waals surface area contributed by atoms with E-state index in [-0.39, 0.29) is 5.91 Å². The molecule has 1 aliphatic rings. The fourth-order valence-electron chi connectivity index (χ4n) is 4.27. The van der Waals surface area contributed by atoms with Crippen LogP contribution in [0.2, 0.25) is 0 Å². The Labute approximate surface area is 185 Å². The smallest absolute Gasteiger partial charge is 0.248 e. The van der Waals surface area contributed by atoms with Gasteiger partial charge in [-0.15, -0.1) is 0 Å². The summed E-state index contributed by atoms with van der Waals surface area (Å²) in [6.07, 6.45) is 3.90. The first-order valence-corrected chi connectivity index (χ1v) is 11.2. The zero-order chi connectivity index (χ0) is 22.1. The maximum absolute atomic E-state index is 12.5. The molecule has 2 aromatic rings. The van der Waals surface area contributed by atoms with Crippen molar-refractivity contribution in [3.63, 3.8) is 0 Å². The van der Waals surface area contributed by atoms with Crippen LogP contribution in [0.3, 0.4) is 0 Å². The second kappa shape index (κ2) is 11.6. The lowest BCUT2D eigenvalue weighted by Crippen LogP contribution is -2.48. The first-order valence-electron chi connectivity index (χ1n) is 11.2. The molecule has 0 aromatic heterocycles. The van der Waals surface area contributed by atoms with Gasteiger partial charge in [-0.05, 0) is 62.2 Å². The number of nitrogens with one attached hydrogen (secondary N) is 1. The highest BCUT2D eigenvalue weighted by atomic mass is 16.2. The van der Waals surface area contributed by atoms with Gasteiger partial charge in [0.15, 0.2) is 0 Å². The van der Waals surface area contributed by atoms with Gasteiger partial charge in [0.25, 0.3) is 0 Å². The van der Waals surface area contributed by atoms with Crippen molar-refractivity contribution in [1.82, 2.24) is 9.80 Å². The molecule has 3 rings (SSSR count). The predicted molar refractivity (Wildman–Crippen MR) is 125 cm³/mol. The molecule has 1 unspecified atom stereocenters. The number of hydrogen-bond donors (Lipinski definition) is 2. The summed E-state index contributed by atoms with van der Waals surface area (Å²) in [5.74, 6) is -0.480. The quantitative estimate of drug-likeness (QED) is 0.614. The van der Waals surface area contributed by atoms with Crippen molar-refractivity contribution in [3.8, 4) is 0 Å². The average Bonchev–Trinajstić information content (AvgIpc) is 2.78. The summed E-state index contributed by atoms with van der Waals surface area (Å²) in [6.45, 7) is 7.11. The fourth-order valence-corrected chi connectivity index (χ4v) is 4.27. The van der Waals surface area contributed by atoms with Gasteiger partial charge in [-0.25, -0.2) is 0 Å². The number of primary amides is 1. The van der Waals surface area contributed by atoms with Crippen LogP contribution in [0.15, 0.2) is 54.6 Å². The van der Waals surface area contributed by atoms with E-state index in [1.807, 2.05) is 0 Å². The molecule has 2 amide bonds. The largest absolute Gasteiger partial charge is 0.366 e. The third kappa shape index (κ3) is 7.19. The SMILES string of the molecule is CCCN(CCC(=O)Nc1ccc(C(N)=O)cc1)C1CCCN(Cc2ccccc2)C1. The number of benzene rings is 2. The molecule has 1 atom stereocenters. The van der Waals surface area contributed by atoms with Crippen molar-refractivity contribution in [3.05, 3.63) is 65.7 Å². The van der Waals surface area contributed by atoms with E-state index < -0.39 is 5.91 Å². The average molecular weight is 423 g/mol. The van der Waals surface area contributed by atoms with E-state index >= 15 is 0 Å². The summed E-state index contributed by atoms with van der Waals surface area (Å²) in [7, 11) is 0. The Kier molecular flexibility index (Phi) is 8.62. The highest BCUT2D eigenvalue weighted by Gasteiger charge is 2.25. The topological polar surface area (TPSA) is 78.7 Å². The van der Waals surface area contributed by atoms with E-state index in [9.17, 15) is 9.59 Å². The Morgan fingerprint density at radius 2 is 1.84 bits per heavy atom. The molecular weight excluding hydrogens is 388 g/mol. The molecule has 1 aliphatic heterocycles. The van der Waals surface area contributed by atoms with E-state index in [0.29, 0.717) is 23.7 Å². The molecule has 0 spiro atoms. The van der Waals surface area contributed by atoms with Gasteiger partial charge in [-0.2, -0.15) is 0 Å². The summed E-state index contributed by atoms with van der Waals surface area (Å²) in [6, 6.07) is 17.8. The third-order valence-corrected chi connectivity index (χ3v) is 5.84. The molecule has 166 valence electrons. The Balaban J connectivity index is 1.51. The second-order valence-electron chi connectivity index (χ2n) is 8.29. The molecule has 0 aliphatic carbocycles. The molecule has 0 bridgehead atoms. The first-order chi connectivity index (χ1) is 15.0. The standard InChI is InChI=1S/C25H34N4O2/c1-2-15-29(17-14-24(30)27-22-12-10-21(11-13-22)25(26)31)23-9-6-16-28(19-23)18-20-7-4-3-5-8-20/h3-5,7-8,10-13,23H,2,6,9,14-19H2,1H3,(H2,26,31)(H,27,30). The maximum atomic E-state index is 12.5. The van der Waals surface area contributed by atoms with E-state index in [1.165, 1.54) is 18.4 Å². The zero-order valence-electron chi connectivity index (χ0n) is 18.4. The zero-order valence-corrected chi connectivity index (χ0v) is 18.4. The Morgan fingerprint density at radius 1 is 1.10 bits per heavy atom. The number of nitrogens with two attached hydrogens (primary N) is 1. The van der Waals surface area contributed by atoms with Gasteiger partial charge >= 0.3 is 0 Å². The molecule has 2 aromatic carbocycles. The van der Waals surface area contributed by atoms with Crippen LogP contribution in [0.5, 0.6) is 0 Å². The number of amides is 2. The molecule has 6 heteroatoms. The molecule has 0 saturated carbocycles. The van der Waals surface area contributed by atoms with E-state index in [2.05, 4.69) is 52.4 Å². The highest BCUT2D eigenvalue weighted by Crippen LogP contribution is 2.19. The van der Waals surface area contributed by atoms with Crippen LogP contribution < -0.4 is 11.1 Å². The molecule has 1 heterocycles. The summed E-state index contributed by atoms with van der Waals surface area (Å²) in [5.41, 5.74) is 7.74. The van der Waals surface area contributed by atoms with Gasteiger partial charge in [0.1, 0.15) is 0 Å². The highest BCUT2D eigenvalue weighted by molar-refractivity contribution is 5.94. The monoisotopic (exact) mass is 422 g/mol. The van der Waals surface area contributed by atoms with Crippen molar-refractivity contribution in [2.75, 3.05) is 31.5 Å². The minimum atomic E-state index is -0.470. The maximum Gasteiger partial charge on any atom is 0.248 e. The summed E-state index contributed by atoms with van der Waals surface area (Å²) in [4.78, 5) is 28.7. The lowest BCUT2D eigenvalue weighted by Gasteiger charge is -2.39. The number of anilines is 1. The van der Waals surface area contributed by atoms with Crippen LogP contribution >= 0.6 is 0 Å². The summed E-state index contributed by atoms with van der Waals surface area (Å²) >= 11 is 0. The van der Waals surface area contributed by atoms with Crippen LogP contribution in [0.1, 0.15) is 48.5 Å². The molecule has 6 nitrogen and oxygen atoms in total. The number of hydrogen-bond acceptors (Lipinski definition) is 4. The van der Waals surface area contributed by atoms with Crippen LogP contribution in [0.25, 0.3) is 0 Å². The van der Waals surface area contributed by atoms with Gasteiger partial charge in [-0.1, -0.05) is 37.3 Å². The number of nitrogens with zero attached hydrogens (tertiary/aromatic N) is 2. The van der Waals surface area contributed by atoms with Gasteiger partial charge in [-0.3, -0.25) is 19.4 Å². The second-order valence-corrected chi connectivity index (χ2v) is 8.29. The van der Waals surface area contributed by atoms with Crippen molar-refractivity contribution in [2.45, 2.75) is 45.2 Å². The summed E-state index contributed by atoms with van der Waals surface area (Å²) in [5, 5.41) is 2.92.